The van der Waals surface area contributed by atoms with Gasteiger partial charge in [0.15, 0.2) is 5.60 Å². The Morgan fingerprint density at radius 3 is 1.52 bits per heavy atom. The van der Waals surface area contributed by atoms with Gasteiger partial charge in [-0.2, -0.15) is 0 Å². The quantitative estimate of drug-likeness (QED) is 0.119. The minimum atomic E-state index is -1.01. The van der Waals surface area contributed by atoms with Crippen LogP contribution in [0.15, 0.2) is 72.8 Å². The van der Waals surface area contributed by atoms with Crippen molar-refractivity contribution in [3.63, 3.8) is 0 Å². The molecule has 214 valence electrons. The fourth-order valence-corrected chi connectivity index (χ4v) is 5.53. The van der Waals surface area contributed by atoms with Crippen molar-refractivity contribution in [2.75, 3.05) is 13.2 Å². The number of unbranched alkanes of at least 4 members (excludes halogenated alkanes) is 10. The van der Waals surface area contributed by atoms with Crippen LogP contribution in [0.5, 0.6) is 11.5 Å². The van der Waals surface area contributed by atoms with E-state index in [1.807, 2.05) is 72.8 Å². The van der Waals surface area contributed by atoms with Gasteiger partial charge in [-0.3, -0.25) is 0 Å². The SMILES string of the molecule is CCCCCCCCOc1ccc(C2(c3ccc(OCCCCCCCC)cc3)OC(=O)c3ccccc32)cc1. The molecule has 0 atom stereocenters. The van der Waals surface area contributed by atoms with Gasteiger partial charge in [-0.15, -0.1) is 0 Å². The van der Waals surface area contributed by atoms with Crippen molar-refractivity contribution in [2.24, 2.45) is 0 Å². The molecule has 3 aromatic carbocycles. The zero-order valence-corrected chi connectivity index (χ0v) is 24.5. The fourth-order valence-electron chi connectivity index (χ4n) is 5.53. The van der Waals surface area contributed by atoms with Crippen LogP contribution in [0.3, 0.4) is 0 Å². The van der Waals surface area contributed by atoms with E-state index in [0.29, 0.717) is 18.8 Å². The average molecular weight is 543 g/mol. The zero-order valence-electron chi connectivity index (χ0n) is 24.5. The molecule has 40 heavy (non-hydrogen) atoms. The first-order valence-corrected chi connectivity index (χ1v) is 15.5. The van der Waals surface area contributed by atoms with Crippen molar-refractivity contribution in [3.05, 3.63) is 95.1 Å². The standard InChI is InChI=1S/C36H46O4/c1-3-5-7-9-11-15-27-38-31-23-19-29(20-24-31)36(34-18-14-13-17-33(34)35(37)40-36)30-21-25-32(26-22-30)39-28-16-12-10-8-6-4-2/h13-14,17-26H,3-12,15-16,27-28H2,1-2H3. The highest BCUT2D eigenvalue weighted by Crippen LogP contribution is 2.47. The van der Waals surface area contributed by atoms with Gasteiger partial charge in [-0.25, -0.2) is 4.79 Å². The summed E-state index contributed by atoms with van der Waals surface area (Å²) < 4.78 is 18.3. The van der Waals surface area contributed by atoms with Gasteiger partial charge < -0.3 is 14.2 Å². The van der Waals surface area contributed by atoms with Crippen LogP contribution < -0.4 is 9.47 Å². The normalized spacial score (nSPS) is 13.6. The van der Waals surface area contributed by atoms with E-state index in [-0.39, 0.29) is 5.97 Å². The summed E-state index contributed by atoms with van der Waals surface area (Å²) in [6, 6.07) is 23.7. The molecule has 0 bridgehead atoms. The van der Waals surface area contributed by atoms with Crippen LogP contribution in [-0.2, 0) is 10.3 Å². The lowest BCUT2D eigenvalue weighted by Gasteiger charge is -2.30. The number of hydrogen-bond acceptors (Lipinski definition) is 4. The Hall–Kier alpha value is -3.27. The second-order valence-corrected chi connectivity index (χ2v) is 10.9. The molecule has 0 radical (unpaired) electrons. The van der Waals surface area contributed by atoms with Crippen LogP contribution in [0.2, 0.25) is 0 Å². The zero-order chi connectivity index (χ0) is 28.0. The van der Waals surface area contributed by atoms with Crippen molar-refractivity contribution in [3.8, 4) is 11.5 Å². The lowest BCUT2D eigenvalue weighted by atomic mass is 9.80. The number of rotatable bonds is 18. The molecular formula is C36H46O4. The maximum atomic E-state index is 13.0. The van der Waals surface area contributed by atoms with Gasteiger partial charge in [0.1, 0.15) is 11.5 Å². The van der Waals surface area contributed by atoms with Crippen molar-refractivity contribution in [2.45, 2.75) is 96.5 Å². The number of hydrogen-bond donors (Lipinski definition) is 0. The number of benzene rings is 3. The summed E-state index contributed by atoms with van der Waals surface area (Å²) in [5, 5.41) is 0. The highest BCUT2D eigenvalue weighted by molar-refractivity contribution is 5.96. The third-order valence-electron chi connectivity index (χ3n) is 7.83. The highest BCUT2D eigenvalue weighted by atomic mass is 16.6. The van der Waals surface area contributed by atoms with E-state index in [0.717, 1.165) is 41.0 Å². The molecule has 0 aliphatic carbocycles. The average Bonchev–Trinajstić information content (AvgIpc) is 3.30. The molecule has 0 saturated heterocycles. The van der Waals surface area contributed by atoms with E-state index in [2.05, 4.69) is 13.8 Å². The molecule has 1 aliphatic heterocycles. The molecule has 0 N–H and O–H groups in total. The van der Waals surface area contributed by atoms with E-state index in [9.17, 15) is 4.79 Å². The van der Waals surface area contributed by atoms with Gasteiger partial charge >= 0.3 is 5.97 Å². The predicted octanol–water partition coefficient (Wildman–Crippen LogP) is 9.63. The van der Waals surface area contributed by atoms with Crippen LogP contribution in [0.25, 0.3) is 0 Å². The van der Waals surface area contributed by atoms with Crippen molar-refractivity contribution >= 4 is 5.97 Å². The summed E-state index contributed by atoms with van der Waals surface area (Å²) in [7, 11) is 0. The predicted molar refractivity (Wildman–Crippen MR) is 162 cm³/mol. The minimum Gasteiger partial charge on any atom is -0.494 e. The van der Waals surface area contributed by atoms with Crippen molar-refractivity contribution in [1.82, 2.24) is 0 Å². The first-order chi connectivity index (χ1) is 19.7. The van der Waals surface area contributed by atoms with Gasteiger partial charge in [0.05, 0.1) is 18.8 Å². The van der Waals surface area contributed by atoms with Crippen LogP contribution >= 0.6 is 0 Å². The molecular weight excluding hydrogens is 496 g/mol. The number of cyclic esters (lactones) is 1. The summed E-state index contributed by atoms with van der Waals surface area (Å²) in [6.45, 7) is 5.91. The lowest BCUT2D eigenvalue weighted by molar-refractivity contribution is 0.0251. The highest BCUT2D eigenvalue weighted by Gasteiger charge is 2.48. The summed E-state index contributed by atoms with van der Waals surface area (Å²) >= 11 is 0. The number of carbonyl (C=O) groups is 1. The van der Waals surface area contributed by atoms with Gasteiger partial charge in [0, 0.05) is 16.7 Å². The number of carbonyl (C=O) groups excluding carboxylic acids is 1. The molecule has 3 aromatic rings. The summed E-state index contributed by atoms with van der Waals surface area (Å²) in [5.41, 5.74) is 2.26. The molecule has 4 rings (SSSR count). The first-order valence-electron chi connectivity index (χ1n) is 15.5. The molecule has 0 amide bonds. The lowest BCUT2D eigenvalue weighted by Crippen LogP contribution is -2.29. The van der Waals surface area contributed by atoms with Gasteiger partial charge in [-0.1, -0.05) is 121 Å². The van der Waals surface area contributed by atoms with E-state index in [1.54, 1.807) is 0 Å². The van der Waals surface area contributed by atoms with Crippen LogP contribution in [0.1, 0.15) is 118 Å². The topological polar surface area (TPSA) is 44.8 Å². The maximum absolute atomic E-state index is 13.0. The summed E-state index contributed by atoms with van der Waals surface area (Å²) in [6.07, 6.45) is 14.8. The third-order valence-corrected chi connectivity index (χ3v) is 7.83. The molecule has 0 fully saturated rings. The smallest absolute Gasteiger partial charge is 0.340 e. The first kappa shape index (κ1) is 29.7. The monoisotopic (exact) mass is 542 g/mol. The summed E-state index contributed by atoms with van der Waals surface area (Å²) in [5.74, 6) is 1.37. The molecule has 0 aromatic heterocycles. The number of esters is 1. The largest absolute Gasteiger partial charge is 0.494 e. The summed E-state index contributed by atoms with van der Waals surface area (Å²) in [4.78, 5) is 13.0. The molecule has 1 aliphatic rings. The fraction of sp³-hybridized carbons (Fsp3) is 0.472. The Bertz CT molecular complexity index is 1100. The van der Waals surface area contributed by atoms with Crippen molar-refractivity contribution in [1.29, 1.82) is 0 Å². The molecule has 0 unspecified atom stereocenters. The van der Waals surface area contributed by atoms with Gasteiger partial charge in [-0.05, 0) is 43.2 Å². The Morgan fingerprint density at radius 2 is 1.02 bits per heavy atom. The maximum Gasteiger partial charge on any atom is 0.340 e. The minimum absolute atomic E-state index is 0.303. The second-order valence-electron chi connectivity index (χ2n) is 10.9. The van der Waals surface area contributed by atoms with E-state index < -0.39 is 5.60 Å². The number of ether oxygens (including phenoxy) is 3. The molecule has 4 heteroatoms. The Kier molecular flexibility index (Phi) is 11.5. The Morgan fingerprint density at radius 1 is 0.575 bits per heavy atom. The molecule has 0 spiro atoms. The van der Waals surface area contributed by atoms with E-state index >= 15 is 0 Å². The Balaban J connectivity index is 1.45. The molecule has 0 saturated carbocycles. The van der Waals surface area contributed by atoms with Crippen LogP contribution in [0.4, 0.5) is 0 Å². The second kappa shape index (κ2) is 15.5. The Labute approximate surface area is 241 Å². The van der Waals surface area contributed by atoms with E-state index in [1.165, 1.54) is 64.2 Å². The van der Waals surface area contributed by atoms with Crippen molar-refractivity contribution < 1.29 is 19.0 Å². The van der Waals surface area contributed by atoms with Gasteiger partial charge in [0.25, 0.3) is 0 Å². The molecule has 1 heterocycles. The van der Waals surface area contributed by atoms with Gasteiger partial charge in [0.2, 0.25) is 0 Å². The van der Waals surface area contributed by atoms with E-state index in [4.69, 9.17) is 14.2 Å². The third kappa shape index (κ3) is 7.47. The van der Waals surface area contributed by atoms with Crippen LogP contribution in [-0.4, -0.2) is 19.2 Å². The molecule has 4 nitrogen and oxygen atoms in total. The number of fused-ring (bicyclic) bond motifs is 1. The van der Waals surface area contributed by atoms with Crippen LogP contribution in [0, 0.1) is 0 Å².